The Bertz CT molecular complexity index is 752. The molecular weight excluding hydrogens is 352 g/mol. The molecular formula is C19H22N2O4S. The van der Waals surface area contributed by atoms with E-state index in [9.17, 15) is 4.79 Å². The maximum absolute atomic E-state index is 12.5. The van der Waals surface area contributed by atoms with E-state index < -0.39 is 0 Å². The van der Waals surface area contributed by atoms with E-state index in [1.807, 2.05) is 31.2 Å². The maximum atomic E-state index is 12.5. The number of hydrogen-bond donors (Lipinski definition) is 2. The molecule has 0 fully saturated rings. The Labute approximate surface area is 158 Å². The molecule has 0 saturated carbocycles. The van der Waals surface area contributed by atoms with Crippen LogP contribution in [0.4, 0.5) is 5.69 Å². The molecule has 6 nitrogen and oxygen atoms in total. The van der Waals surface area contributed by atoms with Crippen LogP contribution in [0.15, 0.2) is 48.5 Å². The number of carbonyl (C=O) groups is 1. The van der Waals surface area contributed by atoms with Crippen molar-refractivity contribution in [3.63, 3.8) is 0 Å². The van der Waals surface area contributed by atoms with Crippen LogP contribution in [0.3, 0.4) is 0 Å². The maximum Gasteiger partial charge on any atom is 0.261 e. The molecule has 0 aromatic heterocycles. The molecule has 0 radical (unpaired) electrons. The highest BCUT2D eigenvalue weighted by Crippen LogP contribution is 2.23. The highest BCUT2D eigenvalue weighted by Gasteiger charge is 2.14. The van der Waals surface area contributed by atoms with Gasteiger partial charge in [0.05, 0.1) is 24.5 Å². The molecule has 0 spiro atoms. The molecule has 0 aliphatic rings. The van der Waals surface area contributed by atoms with Crippen LogP contribution >= 0.6 is 12.2 Å². The highest BCUT2D eigenvalue weighted by molar-refractivity contribution is 7.80. The number of rotatable bonds is 8. The van der Waals surface area contributed by atoms with Gasteiger partial charge < -0.3 is 19.5 Å². The fourth-order valence-electron chi connectivity index (χ4n) is 2.19. The summed E-state index contributed by atoms with van der Waals surface area (Å²) in [6, 6.07) is 14.3. The molecule has 2 aromatic rings. The third-order valence-electron chi connectivity index (χ3n) is 3.34. The molecule has 2 N–H and O–H groups in total. The number of benzene rings is 2. The van der Waals surface area contributed by atoms with E-state index in [2.05, 4.69) is 10.6 Å². The molecule has 0 heterocycles. The molecule has 2 rings (SSSR count). The lowest BCUT2D eigenvalue weighted by molar-refractivity contribution is 0.0970. The Balaban J connectivity index is 2.03. The quantitative estimate of drug-likeness (QED) is 0.546. The summed E-state index contributed by atoms with van der Waals surface area (Å²) >= 11 is 5.25. The first-order chi connectivity index (χ1) is 12.7. The molecule has 138 valence electrons. The van der Waals surface area contributed by atoms with Crippen molar-refractivity contribution in [2.24, 2.45) is 0 Å². The van der Waals surface area contributed by atoms with E-state index in [0.29, 0.717) is 42.6 Å². The molecule has 0 bridgehead atoms. The first-order valence-corrected chi connectivity index (χ1v) is 8.61. The Morgan fingerprint density at radius 3 is 2.42 bits per heavy atom. The average Bonchev–Trinajstić information content (AvgIpc) is 2.64. The number of thiocarbonyl (C=S) groups is 1. The normalized spacial score (nSPS) is 10.1. The lowest BCUT2D eigenvalue weighted by Gasteiger charge is -2.15. The van der Waals surface area contributed by atoms with Gasteiger partial charge in [0.2, 0.25) is 0 Å². The van der Waals surface area contributed by atoms with Crippen molar-refractivity contribution in [1.29, 1.82) is 0 Å². The summed E-state index contributed by atoms with van der Waals surface area (Å²) in [7, 11) is 1.59. The van der Waals surface area contributed by atoms with Crippen molar-refractivity contribution >= 4 is 28.9 Å². The summed E-state index contributed by atoms with van der Waals surface area (Å²) in [5.41, 5.74) is 1.08. The van der Waals surface area contributed by atoms with Crippen molar-refractivity contribution < 1.29 is 19.0 Å². The van der Waals surface area contributed by atoms with Crippen molar-refractivity contribution in [2.45, 2.75) is 6.92 Å². The van der Waals surface area contributed by atoms with Crippen molar-refractivity contribution in [3.8, 4) is 11.5 Å². The molecule has 7 heteroatoms. The van der Waals surface area contributed by atoms with Gasteiger partial charge in [0, 0.05) is 7.11 Å². The van der Waals surface area contributed by atoms with Crippen LogP contribution < -0.4 is 20.1 Å². The molecule has 0 aliphatic carbocycles. The summed E-state index contributed by atoms with van der Waals surface area (Å²) in [6.45, 7) is 3.22. The van der Waals surface area contributed by atoms with Gasteiger partial charge in [0.15, 0.2) is 5.11 Å². The molecule has 0 aliphatic heterocycles. The summed E-state index contributed by atoms with van der Waals surface area (Å²) in [5, 5.41) is 5.82. The molecule has 2 aromatic carbocycles. The van der Waals surface area contributed by atoms with Gasteiger partial charge in [-0.15, -0.1) is 0 Å². The topological polar surface area (TPSA) is 68.8 Å². The number of anilines is 1. The van der Waals surface area contributed by atoms with Gasteiger partial charge in [0.25, 0.3) is 5.91 Å². The fraction of sp³-hybridized carbons (Fsp3) is 0.263. The van der Waals surface area contributed by atoms with Crippen LogP contribution in [0.5, 0.6) is 11.5 Å². The number of hydrogen-bond acceptors (Lipinski definition) is 5. The minimum atomic E-state index is -0.357. The van der Waals surface area contributed by atoms with Crippen LogP contribution in [-0.2, 0) is 4.74 Å². The largest absolute Gasteiger partial charge is 0.492 e. The number of ether oxygens (including phenoxy) is 3. The second-order valence-electron chi connectivity index (χ2n) is 5.17. The van der Waals surface area contributed by atoms with Crippen molar-refractivity contribution in [2.75, 3.05) is 32.2 Å². The van der Waals surface area contributed by atoms with Gasteiger partial charge in [-0.2, -0.15) is 0 Å². The Hall–Kier alpha value is -2.64. The predicted molar refractivity (Wildman–Crippen MR) is 105 cm³/mol. The first-order valence-electron chi connectivity index (χ1n) is 8.20. The smallest absolute Gasteiger partial charge is 0.261 e. The molecule has 1 amide bonds. The third-order valence-corrected chi connectivity index (χ3v) is 3.54. The van der Waals surface area contributed by atoms with Gasteiger partial charge in [-0.25, -0.2) is 0 Å². The van der Waals surface area contributed by atoms with Crippen LogP contribution in [0.2, 0.25) is 0 Å². The van der Waals surface area contributed by atoms with Crippen molar-refractivity contribution in [1.82, 2.24) is 5.32 Å². The van der Waals surface area contributed by atoms with Crippen LogP contribution in [-0.4, -0.2) is 38.0 Å². The number of carbonyl (C=O) groups excluding carboxylic acids is 1. The van der Waals surface area contributed by atoms with E-state index in [4.69, 9.17) is 26.4 Å². The van der Waals surface area contributed by atoms with E-state index in [-0.39, 0.29) is 11.0 Å². The zero-order valence-electron chi connectivity index (χ0n) is 14.8. The van der Waals surface area contributed by atoms with Gasteiger partial charge in [0.1, 0.15) is 18.1 Å². The summed E-state index contributed by atoms with van der Waals surface area (Å²) in [4.78, 5) is 12.5. The zero-order valence-corrected chi connectivity index (χ0v) is 15.6. The van der Waals surface area contributed by atoms with Gasteiger partial charge in [-0.05, 0) is 43.4 Å². The highest BCUT2D eigenvalue weighted by atomic mass is 32.1. The molecule has 26 heavy (non-hydrogen) atoms. The number of para-hydroxylation sites is 3. The molecule has 0 saturated heterocycles. The summed E-state index contributed by atoms with van der Waals surface area (Å²) in [6.07, 6.45) is 0. The summed E-state index contributed by atoms with van der Waals surface area (Å²) < 4.78 is 16.1. The van der Waals surface area contributed by atoms with Crippen LogP contribution in [0, 0.1) is 0 Å². The van der Waals surface area contributed by atoms with Crippen LogP contribution in [0.25, 0.3) is 0 Å². The standard InChI is InChI=1S/C19H22N2O4S/c1-3-24-17-11-7-5-9-15(17)20-19(26)21-18(22)14-8-4-6-10-16(14)25-13-12-23-2/h4-11H,3,12-13H2,1-2H3,(H2,20,21,22,26). The fourth-order valence-corrected chi connectivity index (χ4v) is 2.39. The van der Waals surface area contributed by atoms with E-state index in [0.717, 1.165) is 0 Å². The Morgan fingerprint density at radius 2 is 1.69 bits per heavy atom. The number of nitrogens with one attached hydrogen (secondary N) is 2. The lowest BCUT2D eigenvalue weighted by Crippen LogP contribution is -2.34. The van der Waals surface area contributed by atoms with E-state index >= 15 is 0 Å². The van der Waals surface area contributed by atoms with Crippen LogP contribution in [0.1, 0.15) is 17.3 Å². The lowest BCUT2D eigenvalue weighted by atomic mass is 10.2. The second-order valence-corrected chi connectivity index (χ2v) is 5.58. The minimum absolute atomic E-state index is 0.175. The first kappa shape index (κ1) is 19.7. The average molecular weight is 374 g/mol. The zero-order chi connectivity index (χ0) is 18.8. The monoisotopic (exact) mass is 374 g/mol. The molecule has 0 unspecified atom stereocenters. The van der Waals surface area contributed by atoms with Gasteiger partial charge in [-0.1, -0.05) is 24.3 Å². The van der Waals surface area contributed by atoms with Gasteiger partial charge >= 0.3 is 0 Å². The third kappa shape index (κ3) is 5.72. The molecule has 0 atom stereocenters. The Kier molecular flexibility index (Phi) is 7.85. The number of amides is 1. The SMILES string of the molecule is CCOc1ccccc1NC(=S)NC(=O)c1ccccc1OCCOC. The van der Waals surface area contributed by atoms with E-state index in [1.165, 1.54) is 0 Å². The van der Waals surface area contributed by atoms with Crippen molar-refractivity contribution in [3.05, 3.63) is 54.1 Å². The minimum Gasteiger partial charge on any atom is -0.492 e. The Morgan fingerprint density at radius 1 is 1.00 bits per heavy atom. The van der Waals surface area contributed by atoms with E-state index in [1.54, 1.807) is 31.4 Å². The predicted octanol–water partition coefficient (Wildman–Crippen LogP) is 3.24. The van der Waals surface area contributed by atoms with Gasteiger partial charge in [-0.3, -0.25) is 10.1 Å². The summed E-state index contributed by atoms with van der Waals surface area (Å²) in [5.74, 6) is 0.777. The number of methoxy groups -OCH3 is 1. The second kappa shape index (κ2) is 10.4.